The highest BCUT2D eigenvalue weighted by atomic mass is 15.2. The Morgan fingerprint density at radius 1 is 0.300 bits per heavy atom. The first kappa shape index (κ1) is 42.5. The van der Waals surface area contributed by atoms with Gasteiger partial charge in [-0.05, 0) is 167 Å². The minimum atomic E-state index is 0.0847. The number of nitrogens with zero attached hydrogens (tertiary/aromatic N) is 4. The van der Waals surface area contributed by atoms with Crippen molar-refractivity contribution in [3.8, 4) is 0 Å². The number of hydrogen-bond donors (Lipinski definition) is 0. The van der Waals surface area contributed by atoms with Gasteiger partial charge < -0.3 is 19.6 Å². The molecule has 4 nitrogen and oxygen atoms in total. The second-order valence-corrected chi connectivity index (χ2v) is 18.1. The van der Waals surface area contributed by atoms with Crippen LogP contribution in [0.4, 0.5) is 45.5 Å². The number of fused-ring (bicyclic) bond motifs is 3. The highest BCUT2D eigenvalue weighted by Gasteiger charge is 2.27. The van der Waals surface area contributed by atoms with Crippen molar-refractivity contribution in [2.75, 3.05) is 19.6 Å². The van der Waals surface area contributed by atoms with Crippen molar-refractivity contribution in [1.29, 1.82) is 0 Å². The molecule has 0 aliphatic heterocycles. The number of para-hydroxylation sites is 3. The van der Waals surface area contributed by atoms with Crippen molar-refractivity contribution in [1.82, 2.24) is 0 Å². The molecule has 12 rings (SSSR count). The summed E-state index contributed by atoms with van der Waals surface area (Å²) in [7, 11) is 0. The van der Waals surface area contributed by atoms with Gasteiger partial charge in [-0.1, -0.05) is 158 Å². The summed E-state index contributed by atoms with van der Waals surface area (Å²) < 4.78 is 0. The van der Waals surface area contributed by atoms with E-state index in [-0.39, 0.29) is 6.04 Å². The average molecular weight is 901 g/mol. The van der Waals surface area contributed by atoms with Crippen LogP contribution < -0.4 is 19.6 Å². The van der Waals surface area contributed by atoms with Gasteiger partial charge in [0, 0.05) is 62.6 Å². The number of rotatable bonds is 12. The third-order valence-corrected chi connectivity index (χ3v) is 13.8. The van der Waals surface area contributed by atoms with Gasteiger partial charge in [-0.2, -0.15) is 0 Å². The Balaban J connectivity index is 0.931. The Hall–Kier alpha value is -8.86. The molecule has 0 N–H and O–H groups in total. The van der Waals surface area contributed by atoms with Crippen LogP contribution in [0, 0.1) is 0 Å². The van der Waals surface area contributed by atoms with Gasteiger partial charge >= 0.3 is 0 Å². The second kappa shape index (κ2) is 19.0. The highest BCUT2D eigenvalue weighted by molar-refractivity contribution is 5.91. The van der Waals surface area contributed by atoms with Gasteiger partial charge in [-0.25, -0.2) is 0 Å². The molecule has 70 heavy (non-hydrogen) atoms. The molecule has 0 bridgehead atoms. The van der Waals surface area contributed by atoms with Gasteiger partial charge in [-0.3, -0.25) is 0 Å². The summed E-state index contributed by atoms with van der Waals surface area (Å²) in [4.78, 5) is 9.77. The molecule has 2 aliphatic rings. The van der Waals surface area contributed by atoms with Crippen molar-refractivity contribution in [2.24, 2.45) is 0 Å². The largest absolute Gasteiger partial charge is 0.338 e. The SMILES string of the molecule is C1=CC(N(C2=CC=C(N(c3ccccc3)c3ccc4ccccc4c3)CC2)c2ccc(N(c3ccccc3)c3ccc4ccccc4c3)cc2)CC=C1N(c1ccccc1)c1ccc2ccccc2c1. The van der Waals surface area contributed by atoms with Crippen LogP contribution in [0.2, 0.25) is 0 Å². The normalized spacial score (nSPS) is 14.5. The summed E-state index contributed by atoms with van der Waals surface area (Å²) in [5.74, 6) is 0. The molecule has 336 valence electrons. The molecule has 4 heteroatoms. The van der Waals surface area contributed by atoms with Crippen LogP contribution >= 0.6 is 0 Å². The molecule has 0 fully saturated rings. The summed E-state index contributed by atoms with van der Waals surface area (Å²) in [5.41, 5.74) is 12.8. The maximum Gasteiger partial charge on any atom is 0.0558 e. The molecule has 10 aromatic carbocycles. The Morgan fingerprint density at radius 2 is 0.671 bits per heavy atom. The van der Waals surface area contributed by atoms with Crippen molar-refractivity contribution in [3.63, 3.8) is 0 Å². The van der Waals surface area contributed by atoms with Crippen molar-refractivity contribution >= 4 is 77.8 Å². The van der Waals surface area contributed by atoms with E-state index >= 15 is 0 Å². The molecule has 0 amide bonds. The average Bonchev–Trinajstić information content (AvgIpc) is 3.43. The summed E-state index contributed by atoms with van der Waals surface area (Å²) in [6, 6.07) is 87.7. The fraction of sp³-hybridized carbons (Fsp3) is 0.0606. The Labute approximate surface area is 410 Å². The third kappa shape index (κ3) is 8.52. The monoisotopic (exact) mass is 900 g/mol. The van der Waals surface area contributed by atoms with E-state index in [1.807, 2.05) is 0 Å². The predicted molar refractivity (Wildman–Crippen MR) is 297 cm³/mol. The first-order valence-electron chi connectivity index (χ1n) is 24.4. The molecule has 1 atom stereocenters. The number of anilines is 8. The molecular formula is C66H52N4. The molecule has 1 unspecified atom stereocenters. The summed E-state index contributed by atoms with van der Waals surface area (Å²) in [6.07, 6.45) is 14.5. The smallest absolute Gasteiger partial charge is 0.0558 e. The highest BCUT2D eigenvalue weighted by Crippen LogP contribution is 2.42. The van der Waals surface area contributed by atoms with E-state index in [0.717, 1.165) is 70.5 Å². The summed E-state index contributed by atoms with van der Waals surface area (Å²) >= 11 is 0. The van der Waals surface area contributed by atoms with Gasteiger partial charge in [0.05, 0.1) is 6.04 Å². The van der Waals surface area contributed by atoms with Gasteiger partial charge in [0.2, 0.25) is 0 Å². The lowest BCUT2D eigenvalue weighted by atomic mass is 9.98. The molecule has 0 radical (unpaired) electrons. The third-order valence-electron chi connectivity index (χ3n) is 13.8. The molecular weight excluding hydrogens is 849 g/mol. The molecule has 10 aromatic rings. The molecule has 2 aliphatic carbocycles. The van der Waals surface area contributed by atoms with Crippen molar-refractivity contribution < 1.29 is 0 Å². The first-order valence-corrected chi connectivity index (χ1v) is 24.4. The zero-order valence-corrected chi connectivity index (χ0v) is 39.0. The van der Waals surface area contributed by atoms with E-state index < -0.39 is 0 Å². The Morgan fingerprint density at radius 3 is 1.14 bits per heavy atom. The van der Waals surface area contributed by atoms with Gasteiger partial charge in [-0.15, -0.1) is 0 Å². The Bertz CT molecular complexity index is 3590. The molecule has 0 saturated heterocycles. The lowest BCUT2D eigenvalue weighted by molar-refractivity contribution is 0.707. The van der Waals surface area contributed by atoms with Crippen LogP contribution in [0.3, 0.4) is 0 Å². The fourth-order valence-electron chi connectivity index (χ4n) is 10.3. The minimum absolute atomic E-state index is 0.0847. The Kier molecular flexibility index (Phi) is 11.6. The van der Waals surface area contributed by atoms with E-state index in [1.165, 1.54) is 43.7 Å². The quantitative estimate of drug-likeness (QED) is 0.121. The van der Waals surface area contributed by atoms with Crippen LogP contribution in [-0.4, -0.2) is 6.04 Å². The van der Waals surface area contributed by atoms with E-state index in [9.17, 15) is 0 Å². The maximum atomic E-state index is 2.58. The van der Waals surface area contributed by atoms with E-state index in [4.69, 9.17) is 0 Å². The van der Waals surface area contributed by atoms with Crippen molar-refractivity contribution in [2.45, 2.75) is 25.3 Å². The van der Waals surface area contributed by atoms with E-state index in [1.54, 1.807) is 0 Å². The predicted octanol–water partition coefficient (Wildman–Crippen LogP) is 17.9. The molecule has 0 saturated carbocycles. The zero-order chi connectivity index (χ0) is 46.6. The van der Waals surface area contributed by atoms with Crippen LogP contribution in [0.1, 0.15) is 19.3 Å². The molecule has 0 spiro atoms. The van der Waals surface area contributed by atoms with Crippen LogP contribution in [0.25, 0.3) is 32.3 Å². The van der Waals surface area contributed by atoms with Crippen LogP contribution in [0.15, 0.2) is 290 Å². The number of hydrogen-bond acceptors (Lipinski definition) is 4. The summed E-state index contributed by atoms with van der Waals surface area (Å²) in [6.45, 7) is 0. The topological polar surface area (TPSA) is 13.0 Å². The van der Waals surface area contributed by atoms with Crippen molar-refractivity contribution in [3.05, 3.63) is 290 Å². The number of allylic oxidation sites excluding steroid dienone is 5. The van der Waals surface area contributed by atoms with Crippen LogP contribution in [-0.2, 0) is 0 Å². The standard InChI is InChI=1S/C66H52N4/c1-4-22-55(23-5-1)68(64-31-28-49-16-10-13-19-52(49)46-64)61-40-34-58(35-41-61)67(59-36-42-62(43-37-59)69(56-24-6-2-7-25-56)65-32-29-50-17-11-14-20-53(50)47-65)60-38-44-63(45-39-60)70(57-26-8-3-9-27-57)66-33-30-51-18-12-15-21-54(51)48-66/h1-36,38,40-44,46-48,59H,37,39,45H2. The lowest BCUT2D eigenvalue weighted by Crippen LogP contribution is -2.35. The fourth-order valence-corrected chi connectivity index (χ4v) is 10.3. The van der Waals surface area contributed by atoms with Crippen LogP contribution in [0.5, 0.6) is 0 Å². The second-order valence-electron chi connectivity index (χ2n) is 18.1. The van der Waals surface area contributed by atoms with E-state index in [2.05, 4.69) is 293 Å². The molecule has 0 aromatic heterocycles. The molecule has 0 heterocycles. The maximum absolute atomic E-state index is 2.58. The summed E-state index contributed by atoms with van der Waals surface area (Å²) in [5, 5.41) is 7.39. The van der Waals surface area contributed by atoms with Gasteiger partial charge in [0.1, 0.15) is 0 Å². The van der Waals surface area contributed by atoms with E-state index in [0.29, 0.717) is 0 Å². The lowest BCUT2D eigenvalue weighted by Gasteiger charge is -2.38. The minimum Gasteiger partial charge on any atom is -0.338 e. The van der Waals surface area contributed by atoms with Gasteiger partial charge in [0.25, 0.3) is 0 Å². The first-order chi connectivity index (χ1) is 34.7. The number of benzene rings is 10. The zero-order valence-electron chi connectivity index (χ0n) is 39.0. The van der Waals surface area contributed by atoms with Gasteiger partial charge in [0.15, 0.2) is 0 Å².